The van der Waals surface area contributed by atoms with Crippen LogP contribution in [0.5, 0.6) is 0 Å². The maximum Gasteiger partial charge on any atom is 0.266 e. The Balaban J connectivity index is 1.70. The molecule has 1 heterocycles. The van der Waals surface area contributed by atoms with Crippen molar-refractivity contribution in [1.82, 2.24) is 20.0 Å². The van der Waals surface area contributed by atoms with Crippen molar-refractivity contribution in [3.63, 3.8) is 0 Å². The highest BCUT2D eigenvalue weighted by Crippen LogP contribution is 2.18. The normalized spacial score (nSPS) is 10.7. The van der Waals surface area contributed by atoms with Crippen molar-refractivity contribution < 1.29 is 13.6 Å². The summed E-state index contributed by atoms with van der Waals surface area (Å²) in [5.74, 6) is -1.51. The largest absolute Gasteiger partial charge is 0.277 e. The number of halogens is 2. The zero-order valence-electron chi connectivity index (χ0n) is 13.2. The van der Waals surface area contributed by atoms with Gasteiger partial charge in [0.15, 0.2) is 0 Å². The quantitative estimate of drug-likeness (QED) is 0.541. The van der Waals surface area contributed by atoms with Crippen LogP contribution in [0.1, 0.15) is 15.9 Å². The first-order valence-electron chi connectivity index (χ1n) is 7.32. The lowest BCUT2D eigenvalue weighted by Crippen LogP contribution is -2.32. The predicted molar refractivity (Wildman–Crippen MR) is 91.1 cm³/mol. The number of nitrogens with one attached hydrogen (secondary N) is 2. The zero-order chi connectivity index (χ0) is 17.8. The summed E-state index contributed by atoms with van der Waals surface area (Å²) in [4.78, 5) is 15.1. The second-order valence-corrected chi connectivity index (χ2v) is 6.10. The van der Waals surface area contributed by atoms with Crippen LogP contribution in [-0.4, -0.2) is 15.7 Å². The molecule has 0 unspecified atom stereocenters. The average molecular weight is 360 g/mol. The standard InChI is InChI=1S/C17H14F2N4OS/c1-11-9-20-23(10-11)14-7-12(6-13(18)8-14)17(24)21-22-25-16-5-3-2-4-15(16)19/h2-10,22H,1H3,(H,21,24). The third-order valence-corrected chi connectivity index (χ3v) is 4.04. The molecule has 3 rings (SSSR count). The predicted octanol–water partition coefficient (Wildman–Crippen LogP) is 3.40. The van der Waals surface area contributed by atoms with Gasteiger partial charge in [0.25, 0.3) is 5.91 Å². The molecule has 0 radical (unpaired) electrons. The Bertz CT molecular complexity index is 913. The SMILES string of the molecule is Cc1cnn(-c2cc(F)cc(C(=O)NNSc3ccccc3F)c2)c1. The molecule has 0 saturated carbocycles. The van der Waals surface area contributed by atoms with Crippen molar-refractivity contribution in [3.8, 4) is 5.69 Å². The third kappa shape index (κ3) is 4.23. The number of carbonyl (C=O) groups excluding carboxylic acids is 1. The monoisotopic (exact) mass is 360 g/mol. The van der Waals surface area contributed by atoms with Crippen molar-refractivity contribution in [1.29, 1.82) is 0 Å². The zero-order valence-corrected chi connectivity index (χ0v) is 14.0. The highest BCUT2D eigenvalue weighted by atomic mass is 32.2. The molecule has 1 aromatic heterocycles. The van der Waals surface area contributed by atoms with Crippen molar-refractivity contribution in [3.05, 3.63) is 77.6 Å². The molecule has 25 heavy (non-hydrogen) atoms. The molecule has 0 saturated heterocycles. The van der Waals surface area contributed by atoms with Crippen LogP contribution in [0, 0.1) is 18.6 Å². The van der Waals surface area contributed by atoms with Gasteiger partial charge in [-0.3, -0.25) is 10.2 Å². The van der Waals surface area contributed by atoms with Gasteiger partial charge >= 0.3 is 0 Å². The number of carbonyl (C=O) groups is 1. The lowest BCUT2D eigenvalue weighted by atomic mass is 10.2. The van der Waals surface area contributed by atoms with Crippen molar-refractivity contribution in [2.24, 2.45) is 0 Å². The van der Waals surface area contributed by atoms with Crippen LogP contribution in [0.4, 0.5) is 8.78 Å². The lowest BCUT2D eigenvalue weighted by molar-refractivity contribution is 0.0946. The van der Waals surface area contributed by atoms with E-state index in [2.05, 4.69) is 15.4 Å². The van der Waals surface area contributed by atoms with E-state index in [1.54, 1.807) is 30.6 Å². The molecule has 128 valence electrons. The number of hydrogen-bond acceptors (Lipinski definition) is 4. The maximum atomic E-state index is 13.8. The van der Waals surface area contributed by atoms with E-state index in [0.29, 0.717) is 10.6 Å². The van der Waals surface area contributed by atoms with Crippen LogP contribution >= 0.6 is 11.9 Å². The number of amides is 1. The number of rotatable bonds is 5. The van der Waals surface area contributed by atoms with Gasteiger partial charge in [-0.1, -0.05) is 12.1 Å². The molecule has 8 heteroatoms. The van der Waals surface area contributed by atoms with Crippen LogP contribution in [-0.2, 0) is 0 Å². The van der Waals surface area contributed by atoms with Crippen molar-refractivity contribution in [2.45, 2.75) is 11.8 Å². The first kappa shape index (κ1) is 17.1. The Kier molecular flexibility index (Phi) is 5.11. The first-order chi connectivity index (χ1) is 12.0. The molecule has 0 fully saturated rings. The summed E-state index contributed by atoms with van der Waals surface area (Å²) in [6, 6.07) is 10.1. The minimum absolute atomic E-state index is 0.116. The molecule has 0 bridgehead atoms. The van der Waals surface area contributed by atoms with Gasteiger partial charge in [0, 0.05) is 11.8 Å². The fourth-order valence-electron chi connectivity index (χ4n) is 2.12. The molecule has 3 aromatic rings. The fourth-order valence-corrected chi connectivity index (χ4v) is 2.68. The summed E-state index contributed by atoms with van der Waals surface area (Å²) in [6.07, 6.45) is 3.36. The number of nitrogens with zero attached hydrogens (tertiary/aromatic N) is 2. The maximum absolute atomic E-state index is 13.8. The first-order valence-corrected chi connectivity index (χ1v) is 8.13. The average Bonchev–Trinajstić information content (AvgIpc) is 3.02. The number of hydrogen-bond donors (Lipinski definition) is 2. The Morgan fingerprint density at radius 3 is 2.72 bits per heavy atom. The van der Waals surface area contributed by atoms with Gasteiger partial charge < -0.3 is 0 Å². The van der Waals surface area contributed by atoms with Gasteiger partial charge in [-0.05, 0) is 54.8 Å². The summed E-state index contributed by atoms with van der Waals surface area (Å²) < 4.78 is 28.8. The number of hydrazine groups is 1. The summed E-state index contributed by atoms with van der Waals surface area (Å²) >= 11 is 0.910. The second-order valence-electron chi connectivity index (χ2n) is 5.25. The molecule has 1 amide bonds. The van der Waals surface area contributed by atoms with Gasteiger partial charge in [0.1, 0.15) is 11.6 Å². The fraction of sp³-hybridized carbons (Fsp3) is 0.0588. The van der Waals surface area contributed by atoms with E-state index in [1.165, 1.54) is 22.9 Å². The van der Waals surface area contributed by atoms with Crippen molar-refractivity contribution in [2.75, 3.05) is 0 Å². The molecule has 0 atom stereocenters. The Morgan fingerprint density at radius 1 is 1.20 bits per heavy atom. The summed E-state index contributed by atoms with van der Waals surface area (Å²) in [5, 5.41) is 4.10. The minimum atomic E-state index is -0.558. The molecular weight excluding hydrogens is 346 g/mol. The van der Waals surface area contributed by atoms with Crippen LogP contribution in [0.25, 0.3) is 5.69 Å². The Hall–Kier alpha value is -2.71. The molecule has 5 nitrogen and oxygen atoms in total. The van der Waals surface area contributed by atoms with Gasteiger partial charge in [-0.2, -0.15) is 9.93 Å². The van der Waals surface area contributed by atoms with Gasteiger partial charge in [-0.25, -0.2) is 13.5 Å². The van der Waals surface area contributed by atoms with E-state index in [4.69, 9.17) is 0 Å². The van der Waals surface area contributed by atoms with Gasteiger partial charge in [0.2, 0.25) is 0 Å². The number of aromatic nitrogens is 2. The van der Waals surface area contributed by atoms with E-state index in [-0.39, 0.29) is 5.56 Å². The summed E-state index contributed by atoms with van der Waals surface area (Å²) in [5.41, 5.74) is 3.86. The Morgan fingerprint density at radius 2 is 2.00 bits per heavy atom. The van der Waals surface area contributed by atoms with Gasteiger partial charge in [0.05, 0.1) is 16.8 Å². The van der Waals surface area contributed by atoms with E-state index < -0.39 is 17.5 Å². The Labute approximate surface area is 147 Å². The lowest BCUT2D eigenvalue weighted by Gasteiger charge is -2.09. The molecule has 0 aliphatic carbocycles. The van der Waals surface area contributed by atoms with Crippen molar-refractivity contribution >= 4 is 17.9 Å². The van der Waals surface area contributed by atoms with E-state index >= 15 is 0 Å². The molecule has 2 aromatic carbocycles. The van der Waals surface area contributed by atoms with E-state index in [0.717, 1.165) is 23.6 Å². The smallest absolute Gasteiger partial charge is 0.266 e. The highest BCUT2D eigenvalue weighted by molar-refractivity contribution is 7.97. The van der Waals surface area contributed by atoms with E-state index in [9.17, 15) is 13.6 Å². The molecular formula is C17H14F2N4OS. The van der Waals surface area contributed by atoms with Crippen LogP contribution in [0.15, 0.2) is 59.8 Å². The van der Waals surface area contributed by atoms with Crippen LogP contribution < -0.4 is 10.3 Å². The van der Waals surface area contributed by atoms with Crippen LogP contribution in [0.2, 0.25) is 0 Å². The van der Waals surface area contributed by atoms with Crippen LogP contribution in [0.3, 0.4) is 0 Å². The minimum Gasteiger partial charge on any atom is -0.277 e. The molecule has 2 N–H and O–H groups in total. The third-order valence-electron chi connectivity index (χ3n) is 3.28. The second kappa shape index (κ2) is 7.45. The number of aryl methyl sites for hydroxylation is 1. The molecule has 0 aliphatic heterocycles. The number of benzene rings is 2. The molecule has 0 aliphatic rings. The van der Waals surface area contributed by atoms with Gasteiger partial charge in [-0.15, -0.1) is 0 Å². The highest BCUT2D eigenvalue weighted by Gasteiger charge is 2.11. The molecule has 0 spiro atoms. The van der Waals surface area contributed by atoms with E-state index in [1.807, 2.05) is 6.92 Å². The summed E-state index contributed by atoms with van der Waals surface area (Å²) in [6.45, 7) is 1.86. The summed E-state index contributed by atoms with van der Waals surface area (Å²) in [7, 11) is 0. The topological polar surface area (TPSA) is 59.0 Å².